The number of hydrogen-bond acceptors (Lipinski definition) is 3. The largest absolute Gasteiger partial charge is 0.384 e. The molecule has 2 N–H and O–H groups in total. The summed E-state index contributed by atoms with van der Waals surface area (Å²) in [6.45, 7) is 1.41. The zero-order chi connectivity index (χ0) is 12.3. The van der Waals surface area contributed by atoms with Gasteiger partial charge < -0.3 is 10.4 Å². The van der Waals surface area contributed by atoms with Crippen LogP contribution in [-0.2, 0) is 4.79 Å². The maximum absolute atomic E-state index is 11.2. The van der Waals surface area contributed by atoms with Gasteiger partial charge in [0.1, 0.15) is 6.10 Å². The number of carbonyl (C=O) groups is 1. The normalized spacial score (nSPS) is 12.1. The number of hydrogen-bond donors (Lipinski definition) is 2. The van der Waals surface area contributed by atoms with Crippen LogP contribution in [-0.4, -0.2) is 26.9 Å². The van der Waals surface area contributed by atoms with Crippen molar-refractivity contribution in [3.63, 3.8) is 0 Å². The summed E-state index contributed by atoms with van der Waals surface area (Å²) in [5.74, 6) is -0.0527. The van der Waals surface area contributed by atoms with Crippen molar-refractivity contribution in [2.24, 2.45) is 0 Å². The third-order valence-corrected chi connectivity index (χ3v) is 2.24. The zero-order valence-electron chi connectivity index (χ0n) is 9.37. The van der Waals surface area contributed by atoms with Gasteiger partial charge in [0.25, 0.3) is 5.91 Å². The fourth-order valence-electron chi connectivity index (χ4n) is 1.35. The molecule has 0 spiro atoms. The van der Waals surface area contributed by atoms with E-state index in [1.54, 1.807) is 16.9 Å². The van der Waals surface area contributed by atoms with Crippen molar-refractivity contribution in [2.45, 2.75) is 13.0 Å². The number of nitrogens with one attached hydrogen (secondary N) is 1. The van der Waals surface area contributed by atoms with Gasteiger partial charge in [0.05, 0.1) is 5.69 Å². The number of aromatic nitrogens is 2. The average Bonchev–Trinajstić information content (AvgIpc) is 2.78. The Kier molecular flexibility index (Phi) is 3.20. The number of rotatable bonds is 3. The minimum absolute atomic E-state index is 0.416. The summed E-state index contributed by atoms with van der Waals surface area (Å²) in [6.07, 6.45) is 0.698. The molecule has 1 aromatic carbocycles. The van der Waals surface area contributed by atoms with Crippen LogP contribution in [0.1, 0.15) is 6.92 Å². The number of aliphatic hydroxyl groups excluding tert-OH is 1. The van der Waals surface area contributed by atoms with Gasteiger partial charge in [-0.3, -0.25) is 4.79 Å². The highest BCUT2D eigenvalue weighted by molar-refractivity contribution is 5.92. The number of carbonyl (C=O) groups excluding carboxylic acids is 1. The molecule has 1 amide bonds. The molecule has 2 rings (SSSR count). The summed E-state index contributed by atoms with van der Waals surface area (Å²) in [7, 11) is 0. The molecule has 88 valence electrons. The monoisotopic (exact) mass is 231 g/mol. The third-order valence-electron chi connectivity index (χ3n) is 2.24. The Morgan fingerprint density at radius 3 is 2.71 bits per heavy atom. The molecule has 1 atom stereocenters. The van der Waals surface area contributed by atoms with E-state index >= 15 is 0 Å². The second kappa shape index (κ2) is 4.80. The molecular weight excluding hydrogens is 218 g/mol. The third kappa shape index (κ3) is 2.70. The van der Waals surface area contributed by atoms with Crippen LogP contribution in [0.15, 0.2) is 42.6 Å². The van der Waals surface area contributed by atoms with Gasteiger partial charge in [-0.15, -0.1) is 0 Å². The van der Waals surface area contributed by atoms with E-state index in [0.717, 1.165) is 5.69 Å². The molecule has 1 aromatic heterocycles. The molecule has 0 aliphatic rings. The summed E-state index contributed by atoms with van der Waals surface area (Å²) in [6, 6.07) is 11.2. The van der Waals surface area contributed by atoms with Crippen molar-refractivity contribution in [3.05, 3.63) is 42.6 Å². The summed E-state index contributed by atoms with van der Waals surface area (Å²) in [5.41, 5.74) is 0.907. The SMILES string of the molecule is CC(O)C(=O)Nc1ccn(-c2ccccc2)n1. The lowest BCUT2D eigenvalue weighted by Gasteiger charge is -2.03. The molecule has 0 saturated heterocycles. The highest BCUT2D eigenvalue weighted by atomic mass is 16.3. The molecule has 0 aliphatic carbocycles. The van der Waals surface area contributed by atoms with Gasteiger partial charge >= 0.3 is 0 Å². The van der Waals surface area contributed by atoms with Crippen molar-refractivity contribution in [1.82, 2.24) is 9.78 Å². The van der Waals surface area contributed by atoms with E-state index in [9.17, 15) is 4.79 Å². The van der Waals surface area contributed by atoms with Crippen molar-refractivity contribution < 1.29 is 9.90 Å². The molecule has 2 aromatic rings. The first-order valence-corrected chi connectivity index (χ1v) is 5.27. The minimum atomic E-state index is -1.04. The summed E-state index contributed by atoms with van der Waals surface area (Å²) in [4.78, 5) is 11.2. The Balaban J connectivity index is 2.14. The Morgan fingerprint density at radius 1 is 1.35 bits per heavy atom. The number of para-hydroxylation sites is 1. The highest BCUT2D eigenvalue weighted by Gasteiger charge is 2.10. The molecule has 5 heteroatoms. The predicted octanol–water partition coefficient (Wildman–Crippen LogP) is 1.19. The standard InChI is InChI=1S/C12H13N3O2/c1-9(16)12(17)13-11-7-8-15(14-11)10-5-3-2-4-6-10/h2-9,16H,1H3,(H,13,14,17). The van der Waals surface area contributed by atoms with Crippen molar-refractivity contribution >= 4 is 11.7 Å². The van der Waals surface area contributed by atoms with Crippen LogP contribution >= 0.6 is 0 Å². The Bertz CT molecular complexity index is 505. The first kappa shape index (κ1) is 11.3. The molecule has 0 saturated carbocycles. The number of nitrogens with zero attached hydrogens (tertiary/aromatic N) is 2. The van der Waals surface area contributed by atoms with Gasteiger partial charge in [0.15, 0.2) is 5.82 Å². The maximum Gasteiger partial charge on any atom is 0.254 e. The maximum atomic E-state index is 11.2. The smallest absolute Gasteiger partial charge is 0.254 e. The van der Waals surface area contributed by atoms with E-state index in [1.165, 1.54) is 6.92 Å². The second-order valence-corrected chi connectivity index (χ2v) is 3.65. The summed E-state index contributed by atoms with van der Waals surface area (Å²) < 4.78 is 1.65. The lowest BCUT2D eigenvalue weighted by atomic mass is 10.3. The van der Waals surface area contributed by atoms with E-state index < -0.39 is 12.0 Å². The Morgan fingerprint density at radius 2 is 2.06 bits per heavy atom. The van der Waals surface area contributed by atoms with Crippen molar-refractivity contribution in [3.8, 4) is 5.69 Å². The minimum Gasteiger partial charge on any atom is -0.384 e. The molecule has 0 radical (unpaired) electrons. The van der Waals surface area contributed by atoms with Crippen LogP contribution < -0.4 is 5.32 Å². The predicted molar refractivity (Wildman–Crippen MR) is 63.9 cm³/mol. The van der Waals surface area contributed by atoms with Crippen LogP contribution in [0.25, 0.3) is 5.69 Å². The van der Waals surface area contributed by atoms with E-state index in [1.807, 2.05) is 30.3 Å². The van der Waals surface area contributed by atoms with Gasteiger partial charge in [-0.1, -0.05) is 18.2 Å². The quantitative estimate of drug-likeness (QED) is 0.833. The second-order valence-electron chi connectivity index (χ2n) is 3.65. The average molecular weight is 231 g/mol. The lowest BCUT2D eigenvalue weighted by Crippen LogP contribution is -2.24. The molecule has 0 bridgehead atoms. The van der Waals surface area contributed by atoms with E-state index in [-0.39, 0.29) is 0 Å². The van der Waals surface area contributed by atoms with Crippen LogP contribution in [0, 0.1) is 0 Å². The Hall–Kier alpha value is -2.14. The van der Waals surface area contributed by atoms with Gasteiger partial charge in [-0.25, -0.2) is 4.68 Å². The molecule has 1 heterocycles. The van der Waals surface area contributed by atoms with Crippen molar-refractivity contribution in [2.75, 3.05) is 5.32 Å². The molecule has 0 fully saturated rings. The van der Waals surface area contributed by atoms with E-state index in [0.29, 0.717) is 5.82 Å². The van der Waals surface area contributed by atoms with Crippen LogP contribution in [0.2, 0.25) is 0 Å². The van der Waals surface area contributed by atoms with E-state index in [4.69, 9.17) is 5.11 Å². The van der Waals surface area contributed by atoms with Crippen LogP contribution in [0.5, 0.6) is 0 Å². The number of anilines is 1. The number of amides is 1. The lowest BCUT2D eigenvalue weighted by molar-refractivity contribution is -0.123. The summed E-state index contributed by atoms with van der Waals surface area (Å²) >= 11 is 0. The number of benzene rings is 1. The zero-order valence-corrected chi connectivity index (χ0v) is 9.37. The fourth-order valence-corrected chi connectivity index (χ4v) is 1.35. The highest BCUT2D eigenvalue weighted by Crippen LogP contribution is 2.09. The molecule has 17 heavy (non-hydrogen) atoms. The molecular formula is C12H13N3O2. The number of aliphatic hydroxyl groups is 1. The van der Waals surface area contributed by atoms with Crippen molar-refractivity contribution in [1.29, 1.82) is 0 Å². The molecule has 5 nitrogen and oxygen atoms in total. The summed E-state index contributed by atoms with van der Waals surface area (Å²) in [5, 5.41) is 15.7. The van der Waals surface area contributed by atoms with Gasteiger partial charge in [-0.2, -0.15) is 5.10 Å². The fraction of sp³-hybridized carbons (Fsp3) is 0.167. The Labute approximate surface area is 98.7 Å². The molecule has 1 unspecified atom stereocenters. The van der Waals surface area contributed by atoms with Gasteiger partial charge in [0, 0.05) is 12.3 Å². The van der Waals surface area contributed by atoms with Crippen LogP contribution in [0.4, 0.5) is 5.82 Å². The topological polar surface area (TPSA) is 67.2 Å². The van der Waals surface area contributed by atoms with Gasteiger partial charge in [0.2, 0.25) is 0 Å². The first-order valence-electron chi connectivity index (χ1n) is 5.27. The van der Waals surface area contributed by atoms with Crippen LogP contribution in [0.3, 0.4) is 0 Å². The first-order chi connectivity index (χ1) is 8.16. The van der Waals surface area contributed by atoms with E-state index in [2.05, 4.69) is 10.4 Å². The van der Waals surface area contributed by atoms with Gasteiger partial charge in [-0.05, 0) is 19.1 Å². The molecule has 0 aliphatic heterocycles.